The molecule has 1 aromatic carbocycles. The lowest BCUT2D eigenvalue weighted by Gasteiger charge is -2.22. The second kappa shape index (κ2) is 8.79. The Morgan fingerprint density at radius 2 is 2.26 bits per heavy atom. The van der Waals surface area contributed by atoms with Crippen LogP contribution in [0.15, 0.2) is 18.2 Å². The van der Waals surface area contributed by atoms with Gasteiger partial charge in [-0.2, -0.15) is 11.8 Å². The van der Waals surface area contributed by atoms with Gasteiger partial charge in [0, 0.05) is 36.2 Å². The van der Waals surface area contributed by atoms with Crippen molar-refractivity contribution in [3.05, 3.63) is 23.8 Å². The summed E-state index contributed by atoms with van der Waals surface area (Å²) in [6.45, 7) is 2.70. The molecule has 0 aromatic heterocycles. The van der Waals surface area contributed by atoms with Crippen LogP contribution in [-0.4, -0.2) is 49.7 Å². The van der Waals surface area contributed by atoms with Crippen LogP contribution in [0.3, 0.4) is 0 Å². The number of ether oxygens (including phenoxy) is 2. The molecule has 0 bridgehead atoms. The lowest BCUT2D eigenvalue weighted by molar-refractivity contribution is -0.142. The molecule has 0 aliphatic carbocycles. The molecule has 126 valence electrons. The summed E-state index contributed by atoms with van der Waals surface area (Å²) < 4.78 is 9.84. The molecule has 1 amide bonds. The van der Waals surface area contributed by atoms with E-state index in [1.807, 2.05) is 18.7 Å². The topological polar surface area (TPSA) is 76.7 Å². The number of hydrogen-bond acceptors (Lipinski definition) is 6. The fourth-order valence-electron chi connectivity index (χ4n) is 2.24. The molecule has 7 heteroatoms. The Labute approximate surface area is 140 Å². The van der Waals surface area contributed by atoms with E-state index in [1.165, 1.54) is 7.11 Å². The van der Waals surface area contributed by atoms with Gasteiger partial charge in [-0.25, -0.2) is 4.79 Å². The minimum Gasteiger partial charge on any atom is -0.482 e. The van der Waals surface area contributed by atoms with Gasteiger partial charge in [-0.15, -0.1) is 0 Å². The SMILES string of the molecule is COC(=O)COc1ccc(NC(=O)CC2CSCCN2)c(C)c1. The molecule has 1 unspecified atom stereocenters. The predicted octanol–water partition coefficient (Wildman–Crippen LogP) is 1.58. The van der Waals surface area contributed by atoms with Crippen molar-refractivity contribution >= 4 is 29.3 Å². The van der Waals surface area contributed by atoms with E-state index in [2.05, 4.69) is 15.4 Å². The second-order valence-corrected chi connectivity index (χ2v) is 6.47. The van der Waals surface area contributed by atoms with Gasteiger partial charge in [-0.3, -0.25) is 4.79 Å². The maximum Gasteiger partial charge on any atom is 0.343 e. The highest BCUT2D eigenvalue weighted by Gasteiger charge is 2.17. The molecule has 1 saturated heterocycles. The molecule has 0 saturated carbocycles. The van der Waals surface area contributed by atoms with Crippen molar-refractivity contribution < 1.29 is 19.1 Å². The quantitative estimate of drug-likeness (QED) is 0.767. The molecule has 1 atom stereocenters. The van der Waals surface area contributed by atoms with E-state index in [0.717, 1.165) is 29.3 Å². The molecule has 2 N–H and O–H groups in total. The van der Waals surface area contributed by atoms with Crippen LogP contribution in [0.2, 0.25) is 0 Å². The lowest BCUT2D eigenvalue weighted by Crippen LogP contribution is -2.39. The van der Waals surface area contributed by atoms with Gasteiger partial charge >= 0.3 is 5.97 Å². The van der Waals surface area contributed by atoms with Crippen LogP contribution in [0, 0.1) is 6.92 Å². The van der Waals surface area contributed by atoms with Crippen LogP contribution in [0.1, 0.15) is 12.0 Å². The number of carbonyl (C=O) groups is 2. The van der Waals surface area contributed by atoms with Gasteiger partial charge in [0.05, 0.1) is 7.11 Å². The maximum atomic E-state index is 12.1. The Bertz CT molecular complexity index is 559. The number of aryl methyl sites for hydroxylation is 1. The highest BCUT2D eigenvalue weighted by Crippen LogP contribution is 2.22. The zero-order valence-corrected chi connectivity index (χ0v) is 14.2. The summed E-state index contributed by atoms with van der Waals surface area (Å²) >= 11 is 1.87. The van der Waals surface area contributed by atoms with Crippen molar-refractivity contribution in [1.82, 2.24) is 5.32 Å². The van der Waals surface area contributed by atoms with Crippen molar-refractivity contribution in [3.63, 3.8) is 0 Å². The van der Waals surface area contributed by atoms with Crippen LogP contribution in [0.5, 0.6) is 5.75 Å². The number of benzene rings is 1. The van der Waals surface area contributed by atoms with E-state index in [1.54, 1.807) is 18.2 Å². The number of hydrogen-bond donors (Lipinski definition) is 2. The Kier molecular flexibility index (Phi) is 6.73. The largest absolute Gasteiger partial charge is 0.482 e. The molecule has 1 fully saturated rings. The Morgan fingerprint density at radius 3 is 2.91 bits per heavy atom. The van der Waals surface area contributed by atoms with E-state index in [4.69, 9.17) is 4.74 Å². The zero-order valence-electron chi connectivity index (χ0n) is 13.4. The molecule has 1 aliphatic rings. The van der Waals surface area contributed by atoms with E-state index in [-0.39, 0.29) is 18.6 Å². The first kappa shape index (κ1) is 17.6. The summed E-state index contributed by atoms with van der Waals surface area (Å²) in [7, 11) is 1.31. The minimum atomic E-state index is -0.433. The number of esters is 1. The first-order valence-electron chi connectivity index (χ1n) is 7.49. The minimum absolute atomic E-state index is 0.00340. The molecule has 2 rings (SSSR count). The fourth-order valence-corrected chi connectivity index (χ4v) is 3.19. The number of thioether (sulfide) groups is 1. The molecule has 1 aromatic rings. The standard InChI is InChI=1S/C16H22N2O4S/c1-11-7-13(22-9-16(20)21-2)3-4-14(11)18-15(19)8-12-10-23-6-5-17-12/h3-4,7,12,17H,5-6,8-10H2,1-2H3,(H,18,19). The number of nitrogens with one attached hydrogen (secondary N) is 2. The first-order valence-corrected chi connectivity index (χ1v) is 8.65. The van der Waals surface area contributed by atoms with Gasteiger partial charge in [-0.1, -0.05) is 0 Å². The van der Waals surface area contributed by atoms with Gasteiger partial charge in [0.1, 0.15) is 5.75 Å². The summed E-state index contributed by atoms with van der Waals surface area (Å²) in [5, 5.41) is 6.27. The summed E-state index contributed by atoms with van der Waals surface area (Å²) in [4.78, 5) is 23.2. The summed E-state index contributed by atoms with van der Waals surface area (Å²) in [6.07, 6.45) is 0.465. The average Bonchev–Trinajstić information content (AvgIpc) is 2.55. The first-order chi connectivity index (χ1) is 11.1. The van der Waals surface area contributed by atoms with E-state index < -0.39 is 5.97 Å². The van der Waals surface area contributed by atoms with Gasteiger partial charge < -0.3 is 20.1 Å². The van der Waals surface area contributed by atoms with Crippen molar-refractivity contribution in [2.75, 3.05) is 37.1 Å². The van der Waals surface area contributed by atoms with Crippen molar-refractivity contribution in [1.29, 1.82) is 0 Å². The molecule has 0 radical (unpaired) electrons. The Balaban J connectivity index is 1.87. The van der Waals surface area contributed by atoms with Crippen LogP contribution < -0.4 is 15.4 Å². The summed E-state index contributed by atoms with van der Waals surface area (Å²) in [6, 6.07) is 5.52. The van der Waals surface area contributed by atoms with Crippen molar-refractivity contribution in [3.8, 4) is 5.75 Å². The number of rotatable bonds is 6. The summed E-state index contributed by atoms with van der Waals surface area (Å²) in [5.41, 5.74) is 1.63. The number of carbonyl (C=O) groups excluding carboxylic acids is 2. The second-order valence-electron chi connectivity index (χ2n) is 5.32. The van der Waals surface area contributed by atoms with E-state index >= 15 is 0 Å². The predicted molar refractivity (Wildman–Crippen MR) is 91.1 cm³/mol. The fraction of sp³-hybridized carbons (Fsp3) is 0.500. The lowest BCUT2D eigenvalue weighted by atomic mass is 10.1. The van der Waals surface area contributed by atoms with Gasteiger partial charge in [0.15, 0.2) is 6.61 Å². The Morgan fingerprint density at radius 1 is 1.43 bits per heavy atom. The van der Waals surface area contributed by atoms with Gasteiger partial charge in [0.25, 0.3) is 0 Å². The van der Waals surface area contributed by atoms with Crippen LogP contribution in [0.4, 0.5) is 5.69 Å². The monoisotopic (exact) mass is 338 g/mol. The van der Waals surface area contributed by atoms with Crippen molar-refractivity contribution in [2.24, 2.45) is 0 Å². The number of amides is 1. The third kappa shape index (κ3) is 5.76. The Hall–Kier alpha value is -1.73. The van der Waals surface area contributed by atoms with Crippen LogP contribution in [-0.2, 0) is 14.3 Å². The van der Waals surface area contributed by atoms with Gasteiger partial charge in [-0.05, 0) is 30.7 Å². The maximum absolute atomic E-state index is 12.1. The molecular weight excluding hydrogens is 316 g/mol. The molecular formula is C16H22N2O4S. The van der Waals surface area contributed by atoms with Crippen molar-refractivity contribution in [2.45, 2.75) is 19.4 Å². The number of methoxy groups -OCH3 is 1. The molecule has 1 heterocycles. The highest BCUT2D eigenvalue weighted by atomic mass is 32.2. The smallest absolute Gasteiger partial charge is 0.343 e. The molecule has 23 heavy (non-hydrogen) atoms. The van der Waals surface area contributed by atoms with E-state index in [0.29, 0.717) is 12.2 Å². The molecule has 0 spiro atoms. The van der Waals surface area contributed by atoms with Gasteiger partial charge in [0.2, 0.25) is 5.91 Å². The number of anilines is 1. The average molecular weight is 338 g/mol. The van der Waals surface area contributed by atoms with E-state index in [9.17, 15) is 9.59 Å². The normalized spacial score (nSPS) is 17.4. The third-order valence-electron chi connectivity index (χ3n) is 3.49. The zero-order chi connectivity index (χ0) is 16.7. The summed E-state index contributed by atoms with van der Waals surface area (Å²) in [5.74, 6) is 2.20. The molecule has 1 aliphatic heterocycles. The van der Waals surface area contributed by atoms with Crippen LogP contribution >= 0.6 is 11.8 Å². The highest BCUT2D eigenvalue weighted by molar-refractivity contribution is 7.99. The molecule has 6 nitrogen and oxygen atoms in total. The van der Waals surface area contributed by atoms with Crippen LogP contribution in [0.25, 0.3) is 0 Å². The third-order valence-corrected chi connectivity index (χ3v) is 4.62.